The quantitative estimate of drug-likeness (QED) is 0.499. The summed E-state index contributed by atoms with van der Waals surface area (Å²) in [6.07, 6.45) is 6.33. The molecule has 0 saturated heterocycles. The predicted octanol–water partition coefficient (Wildman–Crippen LogP) is 1.20. The number of hydrogen-bond donors (Lipinski definition) is 3. The lowest BCUT2D eigenvalue weighted by Gasteiger charge is -2.27. The number of amides is 2. The van der Waals surface area contributed by atoms with E-state index in [1.165, 1.54) is 0 Å². The van der Waals surface area contributed by atoms with Crippen LogP contribution in [0.4, 0.5) is 4.79 Å². The minimum Gasteiger partial charge on any atom is -0.480 e. The summed E-state index contributed by atoms with van der Waals surface area (Å²) in [5.41, 5.74) is -0.540. The minimum atomic E-state index is -1.05. The molecule has 0 aromatic carbocycles. The minimum absolute atomic E-state index is 0.437. The van der Waals surface area contributed by atoms with E-state index in [1.807, 2.05) is 0 Å². The molecule has 0 spiro atoms. The topological polar surface area (TPSA) is 78.4 Å². The number of carbonyl (C=O) groups is 2. The van der Waals surface area contributed by atoms with Gasteiger partial charge in [-0.15, -0.1) is 12.3 Å². The van der Waals surface area contributed by atoms with E-state index in [4.69, 9.17) is 11.5 Å². The lowest BCUT2D eigenvalue weighted by Crippen LogP contribution is -2.52. The van der Waals surface area contributed by atoms with E-state index in [-0.39, 0.29) is 0 Å². The van der Waals surface area contributed by atoms with Crippen LogP contribution in [-0.2, 0) is 4.79 Å². The van der Waals surface area contributed by atoms with Gasteiger partial charge in [0.2, 0.25) is 0 Å². The number of nitrogens with one attached hydrogen (secondary N) is 2. The highest BCUT2D eigenvalue weighted by molar-refractivity contribution is 5.83. The first-order valence-corrected chi connectivity index (χ1v) is 5.49. The van der Waals surface area contributed by atoms with Gasteiger partial charge in [0.1, 0.15) is 6.04 Å². The summed E-state index contributed by atoms with van der Waals surface area (Å²) in [7, 11) is 0. The van der Waals surface area contributed by atoms with Crippen molar-refractivity contribution in [3.05, 3.63) is 0 Å². The van der Waals surface area contributed by atoms with E-state index >= 15 is 0 Å². The summed E-state index contributed by atoms with van der Waals surface area (Å²) in [5.74, 6) is 1.41. The Morgan fingerprint density at radius 3 is 2.41 bits per heavy atom. The highest BCUT2D eigenvalue weighted by Gasteiger charge is 2.32. The first-order chi connectivity index (χ1) is 7.79. The van der Waals surface area contributed by atoms with Crippen LogP contribution in [0.1, 0.15) is 33.6 Å². The highest BCUT2D eigenvalue weighted by Crippen LogP contribution is 2.19. The Hall–Kier alpha value is -1.70. The van der Waals surface area contributed by atoms with Gasteiger partial charge in [0, 0.05) is 13.0 Å². The summed E-state index contributed by atoms with van der Waals surface area (Å²) in [4.78, 5) is 22.4. The number of carbonyl (C=O) groups excluding carboxylic acids is 1. The van der Waals surface area contributed by atoms with Crippen molar-refractivity contribution in [2.45, 2.75) is 39.7 Å². The van der Waals surface area contributed by atoms with Crippen LogP contribution < -0.4 is 10.6 Å². The molecule has 0 fully saturated rings. The second kappa shape index (κ2) is 6.79. The summed E-state index contributed by atoms with van der Waals surface area (Å²) >= 11 is 0. The molecule has 0 aliphatic heterocycles. The van der Waals surface area contributed by atoms with Gasteiger partial charge in [-0.2, -0.15) is 0 Å². The van der Waals surface area contributed by atoms with Crippen molar-refractivity contribution < 1.29 is 14.7 Å². The third-order valence-electron chi connectivity index (χ3n) is 2.17. The van der Waals surface area contributed by atoms with Crippen LogP contribution in [0.3, 0.4) is 0 Å². The van der Waals surface area contributed by atoms with Crippen molar-refractivity contribution >= 4 is 12.0 Å². The first-order valence-electron chi connectivity index (χ1n) is 5.49. The summed E-state index contributed by atoms with van der Waals surface area (Å²) in [6.45, 7) is 5.70. The van der Waals surface area contributed by atoms with Gasteiger partial charge in [0.05, 0.1) is 0 Å². The zero-order valence-electron chi connectivity index (χ0n) is 10.5. The fourth-order valence-corrected chi connectivity index (χ4v) is 1.22. The lowest BCUT2D eigenvalue weighted by atomic mass is 9.87. The van der Waals surface area contributed by atoms with E-state index in [0.717, 1.165) is 0 Å². The molecule has 0 aromatic heterocycles. The van der Waals surface area contributed by atoms with Gasteiger partial charge >= 0.3 is 12.0 Å². The van der Waals surface area contributed by atoms with Gasteiger partial charge in [0.15, 0.2) is 0 Å². The maximum absolute atomic E-state index is 11.4. The molecular formula is C12H20N2O3. The molecule has 0 aliphatic rings. The molecule has 3 N–H and O–H groups in total. The van der Waals surface area contributed by atoms with Gasteiger partial charge in [-0.1, -0.05) is 20.8 Å². The molecule has 1 atom stereocenters. The third-order valence-corrected chi connectivity index (χ3v) is 2.17. The van der Waals surface area contributed by atoms with Gasteiger partial charge < -0.3 is 15.7 Å². The molecule has 17 heavy (non-hydrogen) atoms. The lowest BCUT2D eigenvalue weighted by molar-refractivity contribution is -0.141. The Kier molecular flexibility index (Phi) is 6.11. The highest BCUT2D eigenvalue weighted by atomic mass is 16.4. The van der Waals surface area contributed by atoms with Crippen LogP contribution in [0, 0.1) is 17.8 Å². The zero-order chi connectivity index (χ0) is 13.5. The fraction of sp³-hybridized carbons (Fsp3) is 0.667. The Morgan fingerprint density at radius 1 is 1.41 bits per heavy atom. The number of rotatable bonds is 5. The Balaban J connectivity index is 4.16. The average Bonchev–Trinajstić information content (AvgIpc) is 2.19. The smallest absolute Gasteiger partial charge is 0.326 e. The molecule has 5 heteroatoms. The summed E-state index contributed by atoms with van der Waals surface area (Å²) < 4.78 is 0. The van der Waals surface area contributed by atoms with Crippen molar-refractivity contribution in [1.29, 1.82) is 0 Å². The average molecular weight is 240 g/mol. The van der Waals surface area contributed by atoms with E-state index < -0.39 is 23.5 Å². The molecular weight excluding hydrogens is 220 g/mol. The molecule has 96 valence electrons. The number of urea groups is 1. The van der Waals surface area contributed by atoms with Crippen molar-refractivity contribution in [3.8, 4) is 12.3 Å². The van der Waals surface area contributed by atoms with Crippen molar-refractivity contribution in [1.82, 2.24) is 10.6 Å². The Morgan fingerprint density at radius 2 is 2.00 bits per heavy atom. The van der Waals surface area contributed by atoms with Gasteiger partial charge in [-0.05, 0) is 11.8 Å². The fourth-order valence-electron chi connectivity index (χ4n) is 1.22. The second-order valence-corrected chi connectivity index (χ2v) is 4.85. The van der Waals surface area contributed by atoms with Crippen molar-refractivity contribution in [2.24, 2.45) is 5.41 Å². The predicted molar refractivity (Wildman–Crippen MR) is 65.5 cm³/mol. The summed E-state index contributed by atoms with van der Waals surface area (Å²) in [6, 6.07) is -1.40. The van der Waals surface area contributed by atoms with Crippen LogP contribution in [0.5, 0.6) is 0 Å². The van der Waals surface area contributed by atoms with Crippen LogP contribution in [0.2, 0.25) is 0 Å². The van der Waals surface area contributed by atoms with Crippen LogP contribution in [-0.4, -0.2) is 29.7 Å². The number of unbranched alkanes of at least 4 members (excludes halogenated alkanes) is 1. The van der Waals surface area contributed by atoms with E-state index in [9.17, 15) is 9.59 Å². The number of hydrogen-bond acceptors (Lipinski definition) is 2. The molecule has 5 nitrogen and oxygen atoms in total. The Labute approximate surface area is 102 Å². The number of carboxylic acids is 1. The monoisotopic (exact) mass is 240 g/mol. The molecule has 0 aromatic rings. The molecule has 0 bridgehead atoms. The molecule has 0 heterocycles. The molecule has 0 unspecified atom stereocenters. The second-order valence-electron chi connectivity index (χ2n) is 4.85. The van der Waals surface area contributed by atoms with Crippen molar-refractivity contribution in [2.75, 3.05) is 6.54 Å². The largest absolute Gasteiger partial charge is 0.480 e. The maximum Gasteiger partial charge on any atom is 0.326 e. The standard InChI is InChI=1S/C12H20N2O3/c1-5-6-7-8-13-11(17)14-9(10(15)16)12(2,3)4/h1,9H,6-8H2,2-4H3,(H,15,16)(H2,13,14,17)/t9-/m1/s1. The van der Waals surface area contributed by atoms with Crippen LogP contribution in [0.25, 0.3) is 0 Å². The molecule has 0 aliphatic carbocycles. The Bertz CT molecular complexity index is 313. The molecule has 0 saturated carbocycles. The van der Waals surface area contributed by atoms with Gasteiger partial charge in [-0.25, -0.2) is 9.59 Å². The number of carboxylic acid groups (broad SMARTS) is 1. The zero-order valence-corrected chi connectivity index (χ0v) is 10.5. The van der Waals surface area contributed by atoms with Gasteiger partial charge in [0.25, 0.3) is 0 Å². The number of aliphatic carboxylic acids is 1. The summed E-state index contributed by atoms with van der Waals surface area (Å²) in [5, 5.41) is 14.0. The number of terminal acetylenes is 1. The van der Waals surface area contributed by atoms with E-state index in [0.29, 0.717) is 19.4 Å². The van der Waals surface area contributed by atoms with E-state index in [2.05, 4.69) is 16.6 Å². The van der Waals surface area contributed by atoms with E-state index in [1.54, 1.807) is 20.8 Å². The first kappa shape index (κ1) is 15.3. The third kappa shape index (κ3) is 6.46. The van der Waals surface area contributed by atoms with Crippen LogP contribution in [0.15, 0.2) is 0 Å². The van der Waals surface area contributed by atoms with Crippen LogP contribution >= 0.6 is 0 Å². The van der Waals surface area contributed by atoms with Gasteiger partial charge in [-0.3, -0.25) is 0 Å². The molecule has 2 amide bonds. The molecule has 0 rings (SSSR count). The maximum atomic E-state index is 11.4. The van der Waals surface area contributed by atoms with Crippen molar-refractivity contribution in [3.63, 3.8) is 0 Å². The SMILES string of the molecule is C#CCCCNC(=O)N[C@H](C(=O)O)C(C)(C)C. The normalized spacial score (nSPS) is 12.4. The molecule has 0 radical (unpaired) electrons.